The Bertz CT molecular complexity index is 46.0. The molecular formula is H18Si8. The summed E-state index contributed by atoms with van der Waals surface area (Å²) in [5, 5.41) is 0. The average Bonchev–Trinajstić information content (AvgIpc) is 1.67. The molecule has 0 aliphatic carbocycles. The predicted octanol–water partition coefficient (Wildman–Crippen LogP) is -7.86. The third-order valence-electron chi connectivity index (χ3n) is 1.88. The Labute approximate surface area is 70.7 Å². The SMILES string of the molecule is [SiH3][SiH2][SiH2][SiH]([SiH3])[SiH]([SiH3])[SiH3]. The Balaban J connectivity index is 3.17. The van der Waals surface area contributed by atoms with Gasteiger partial charge in [0.05, 0.1) is 0 Å². The zero-order chi connectivity index (χ0) is 6.57. The molecule has 0 nitrogen and oxygen atoms in total. The quantitative estimate of drug-likeness (QED) is 0.432. The highest BCUT2D eigenvalue weighted by Crippen LogP contribution is 1.70. The molecule has 0 aromatic heterocycles. The van der Waals surface area contributed by atoms with E-state index in [1.807, 2.05) is 0 Å². The van der Waals surface area contributed by atoms with Gasteiger partial charge in [0.15, 0.2) is 0 Å². The first-order valence-electron chi connectivity index (χ1n) is 3.68. The van der Waals surface area contributed by atoms with Crippen molar-refractivity contribution in [3.05, 3.63) is 0 Å². The maximum Gasteiger partial charge on any atom is -0.00707 e. The minimum atomic E-state index is 0.315. The van der Waals surface area contributed by atoms with Crippen LogP contribution in [0.4, 0.5) is 0 Å². The van der Waals surface area contributed by atoms with Crippen LogP contribution in [-0.4, -0.2) is 70.8 Å². The molecule has 0 saturated carbocycles. The highest BCUT2D eigenvalue weighted by Gasteiger charge is 2.07. The summed E-state index contributed by atoms with van der Waals surface area (Å²) in [6.07, 6.45) is 0. The van der Waals surface area contributed by atoms with E-state index in [1.165, 1.54) is 0 Å². The maximum atomic E-state index is 1.77. The molecular weight excluding hydrogens is 225 g/mol. The van der Waals surface area contributed by atoms with Crippen molar-refractivity contribution in [1.82, 2.24) is 0 Å². The molecule has 0 heterocycles. The van der Waals surface area contributed by atoms with Crippen LogP contribution in [0.2, 0.25) is 0 Å². The zero-order valence-corrected chi connectivity index (χ0v) is 19.7. The van der Waals surface area contributed by atoms with Crippen molar-refractivity contribution in [2.24, 2.45) is 0 Å². The fourth-order valence-electron chi connectivity index (χ4n) is 0.789. The van der Waals surface area contributed by atoms with Gasteiger partial charge in [0.1, 0.15) is 0 Å². The van der Waals surface area contributed by atoms with Crippen LogP contribution in [0.5, 0.6) is 0 Å². The summed E-state index contributed by atoms with van der Waals surface area (Å²) in [5.74, 6) is 0. The van der Waals surface area contributed by atoms with Gasteiger partial charge >= 0.3 is 0 Å². The third-order valence-corrected chi connectivity index (χ3v) is 152. The zero-order valence-electron chi connectivity index (χ0n) is 6.57. The third kappa shape index (κ3) is 4.60. The van der Waals surface area contributed by atoms with Crippen molar-refractivity contribution >= 4 is 70.8 Å². The van der Waals surface area contributed by atoms with Crippen molar-refractivity contribution in [1.29, 1.82) is 0 Å². The molecule has 0 fully saturated rings. The first-order chi connectivity index (χ1) is 3.68. The lowest BCUT2D eigenvalue weighted by Gasteiger charge is -2.08. The van der Waals surface area contributed by atoms with Crippen molar-refractivity contribution in [2.45, 2.75) is 0 Å². The van der Waals surface area contributed by atoms with Crippen LogP contribution >= 0.6 is 0 Å². The maximum absolute atomic E-state index is 1.77. The van der Waals surface area contributed by atoms with Gasteiger partial charge in [-0.15, -0.1) is 0 Å². The molecule has 8 heteroatoms. The van der Waals surface area contributed by atoms with E-state index >= 15 is 0 Å². The molecule has 1 atom stereocenters. The molecule has 0 amide bonds. The molecule has 0 aliphatic heterocycles. The summed E-state index contributed by atoms with van der Waals surface area (Å²) in [6.45, 7) is 0. The molecule has 0 radical (unpaired) electrons. The Hall–Kier alpha value is 1.74. The molecule has 0 aromatic rings. The van der Waals surface area contributed by atoms with Gasteiger partial charge in [-0.1, -0.05) is 0 Å². The predicted molar refractivity (Wildman–Crippen MR) is 71.1 cm³/mol. The second-order valence-corrected chi connectivity index (χ2v) is 81.3. The van der Waals surface area contributed by atoms with E-state index in [-0.39, 0.29) is 0 Å². The van der Waals surface area contributed by atoms with E-state index in [9.17, 15) is 0 Å². The Kier molecular flexibility index (Phi) is 6.71. The van der Waals surface area contributed by atoms with Gasteiger partial charge in [0.2, 0.25) is 0 Å². The Morgan fingerprint density at radius 1 is 1.12 bits per heavy atom. The highest BCUT2D eigenvalue weighted by molar-refractivity contribution is 7.83. The van der Waals surface area contributed by atoms with Crippen LogP contribution in [0.1, 0.15) is 0 Å². The molecule has 0 bridgehead atoms. The summed E-state index contributed by atoms with van der Waals surface area (Å²) in [4.78, 5) is 0. The second kappa shape index (κ2) is 5.51. The monoisotopic (exact) mass is 242 g/mol. The fourth-order valence-corrected chi connectivity index (χ4v) is 192. The van der Waals surface area contributed by atoms with Gasteiger partial charge in [-0.05, 0) is 70.8 Å². The first kappa shape index (κ1) is 9.74. The van der Waals surface area contributed by atoms with E-state index in [2.05, 4.69) is 0 Å². The van der Waals surface area contributed by atoms with Crippen molar-refractivity contribution in [3.8, 4) is 0 Å². The summed E-state index contributed by atoms with van der Waals surface area (Å²) in [5.41, 5.74) is 0. The second-order valence-electron chi connectivity index (χ2n) is 3.01. The van der Waals surface area contributed by atoms with Crippen LogP contribution in [0.3, 0.4) is 0 Å². The van der Waals surface area contributed by atoms with Crippen LogP contribution in [0.15, 0.2) is 0 Å². The van der Waals surface area contributed by atoms with E-state index < -0.39 is 0 Å². The fraction of sp³-hybridized carbons (Fsp3) is 0. The standard InChI is InChI=1S/H18Si8/c1-5-6-8(4)7(2)3/h7-8H,5-6H2,1-4H3. The summed E-state index contributed by atoms with van der Waals surface area (Å²) < 4.78 is 0. The number of rotatable bonds is 3. The van der Waals surface area contributed by atoms with Crippen molar-refractivity contribution < 1.29 is 0 Å². The minimum Gasteiger partial charge on any atom is -0.0120 e. The van der Waals surface area contributed by atoms with Gasteiger partial charge in [0, 0.05) is 0 Å². The van der Waals surface area contributed by atoms with Gasteiger partial charge in [-0.2, -0.15) is 0 Å². The molecule has 8 heavy (non-hydrogen) atoms. The van der Waals surface area contributed by atoms with E-state index in [0.717, 1.165) is 17.1 Å². The molecule has 50 valence electrons. The van der Waals surface area contributed by atoms with Gasteiger partial charge in [0.25, 0.3) is 0 Å². The lowest BCUT2D eigenvalue weighted by Crippen LogP contribution is -2.45. The normalized spacial score (nSPS) is 22.5. The number of hydrogen-bond donors (Lipinski definition) is 0. The van der Waals surface area contributed by atoms with Crippen LogP contribution in [0, 0.1) is 0 Å². The molecule has 1 unspecified atom stereocenters. The van der Waals surface area contributed by atoms with Crippen LogP contribution in [0.25, 0.3) is 0 Å². The molecule has 0 saturated heterocycles. The van der Waals surface area contributed by atoms with E-state index in [0.29, 0.717) is 14.7 Å². The molecule has 0 rings (SSSR count). The molecule has 0 aliphatic rings. The number of hydrogen-bond acceptors (Lipinski definition) is 0. The summed E-state index contributed by atoms with van der Waals surface area (Å²) in [6, 6.07) is 0. The lowest BCUT2D eigenvalue weighted by atomic mass is 26.0. The largest absolute Gasteiger partial charge is 0.0120 e. The van der Waals surface area contributed by atoms with E-state index in [1.54, 1.807) is 39.0 Å². The molecule has 0 spiro atoms. The smallest absolute Gasteiger partial charge is 0.00707 e. The van der Waals surface area contributed by atoms with Crippen LogP contribution in [-0.2, 0) is 0 Å². The van der Waals surface area contributed by atoms with Gasteiger partial charge < -0.3 is 0 Å². The highest BCUT2D eigenvalue weighted by atomic mass is 30.2. The summed E-state index contributed by atoms with van der Waals surface area (Å²) >= 11 is 0. The minimum absolute atomic E-state index is 0.315. The Morgan fingerprint density at radius 3 is 1.75 bits per heavy atom. The first-order valence-corrected chi connectivity index (χ1v) is 33.1. The Morgan fingerprint density at radius 2 is 1.62 bits per heavy atom. The molecule has 0 aromatic carbocycles. The topological polar surface area (TPSA) is 0 Å². The average molecular weight is 243 g/mol. The summed E-state index contributed by atoms with van der Waals surface area (Å²) in [7, 11) is 9.22. The van der Waals surface area contributed by atoms with E-state index in [4.69, 9.17) is 0 Å². The van der Waals surface area contributed by atoms with Crippen molar-refractivity contribution in [2.75, 3.05) is 0 Å². The van der Waals surface area contributed by atoms with Crippen molar-refractivity contribution in [3.63, 3.8) is 0 Å². The van der Waals surface area contributed by atoms with Crippen LogP contribution < -0.4 is 0 Å². The van der Waals surface area contributed by atoms with Gasteiger partial charge in [-0.25, -0.2) is 0 Å². The van der Waals surface area contributed by atoms with Gasteiger partial charge in [-0.3, -0.25) is 0 Å². The lowest BCUT2D eigenvalue weighted by molar-refractivity contribution is 3.68. The molecule has 0 N–H and O–H groups in total.